The summed E-state index contributed by atoms with van der Waals surface area (Å²) in [6.07, 6.45) is 0.0363. The zero-order valence-corrected chi connectivity index (χ0v) is 13.7. The van der Waals surface area contributed by atoms with Crippen molar-refractivity contribution in [3.05, 3.63) is 35.9 Å². The Kier molecular flexibility index (Phi) is 7.48. The first-order chi connectivity index (χ1) is 11.2. The number of nitrogens with zero attached hydrogens (tertiary/aromatic N) is 1. The van der Waals surface area contributed by atoms with Crippen LogP contribution in [0.2, 0.25) is 0 Å². The van der Waals surface area contributed by atoms with Gasteiger partial charge in [-0.3, -0.25) is 9.69 Å². The number of morpholine rings is 1. The van der Waals surface area contributed by atoms with Crippen molar-refractivity contribution in [2.75, 3.05) is 46.5 Å². The number of hydrogen-bond acceptors (Lipinski definition) is 5. The molecule has 2 unspecified atom stereocenters. The Morgan fingerprint density at radius 2 is 2.04 bits per heavy atom. The molecule has 2 atom stereocenters. The third-order valence-electron chi connectivity index (χ3n) is 4.09. The number of ether oxygens (including phenoxy) is 2. The zero-order chi connectivity index (χ0) is 16.5. The van der Waals surface area contributed by atoms with Gasteiger partial charge in [0.05, 0.1) is 31.8 Å². The molecular formula is C17H27N3O3. The second-order valence-electron chi connectivity index (χ2n) is 5.74. The minimum atomic E-state index is -0.241. The number of carbonyl (C=O) groups is 1. The third kappa shape index (κ3) is 5.91. The Morgan fingerprint density at radius 1 is 1.35 bits per heavy atom. The van der Waals surface area contributed by atoms with Crippen LogP contribution in [0.25, 0.3) is 0 Å². The van der Waals surface area contributed by atoms with E-state index in [4.69, 9.17) is 15.2 Å². The Balaban J connectivity index is 1.99. The van der Waals surface area contributed by atoms with Gasteiger partial charge in [0.2, 0.25) is 5.91 Å². The maximum atomic E-state index is 12.3. The molecule has 1 aliphatic rings. The molecule has 1 aromatic rings. The predicted molar refractivity (Wildman–Crippen MR) is 89.1 cm³/mol. The van der Waals surface area contributed by atoms with E-state index in [1.54, 1.807) is 7.11 Å². The molecule has 1 aromatic carbocycles. The number of amides is 1. The highest BCUT2D eigenvalue weighted by Gasteiger charge is 2.21. The number of nitrogens with two attached hydrogens (primary N) is 1. The van der Waals surface area contributed by atoms with Gasteiger partial charge >= 0.3 is 0 Å². The first kappa shape index (κ1) is 17.9. The third-order valence-corrected chi connectivity index (χ3v) is 4.09. The first-order valence-electron chi connectivity index (χ1n) is 8.10. The van der Waals surface area contributed by atoms with Crippen LogP contribution in [0.3, 0.4) is 0 Å². The summed E-state index contributed by atoms with van der Waals surface area (Å²) in [6.45, 7) is 4.39. The monoisotopic (exact) mass is 321 g/mol. The van der Waals surface area contributed by atoms with E-state index >= 15 is 0 Å². The van der Waals surface area contributed by atoms with Crippen LogP contribution in [0.5, 0.6) is 0 Å². The molecule has 0 saturated carbocycles. The smallest absolute Gasteiger partial charge is 0.223 e. The summed E-state index contributed by atoms with van der Waals surface area (Å²) in [5.41, 5.74) is 6.70. The molecule has 1 amide bonds. The highest BCUT2D eigenvalue weighted by molar-refractivity contribution is 5.77. The maximum absolute atomic E-state index is 12.3. The molecule has 6 nitrogen and oxygen atoms in total. The molecule has 1 saturated heterocycles. The van der Waals surface area contributed by atoms with Crippen molar-refractivity contribution in [1.29, 1.82) is 0 Å². The largest absolute Gasteiger partial charge is 0.380 e. The summed E-state index contributed by atoms with van der Waals surface area (Å²) in [5.74, 6) is -0.0376. The Bertz CT molecular complexity index is 459. The van der Waals surface area contributed by atoms with Gasteiger partial charge in [-0.2, -0.15) is 0 Å². The van der Waals surface area contributed by atoms with Gasteiger partial charge in [0, 0.05) is 33.3 Å². The molecular weight excluding hydrogens is 294 g/mol. The van der Waals surface area contributed by atoms with E-state index in [9.17, 15) is 4.79 Å². The molecule has 6 heteroatoms. The molecule has 0 spiro atoms. The van der Waals surface area contributed by atoms with Gasteiger partial charge in [-0.05, 0) is 5.56 Å². The molecule has 1 aliphatic heterocycles. The van der Waals surface area contributed by atoms with Crippen molar-refractivity contribution in [3.8, 4) is 0 Å². The summed E-state index contributed by atoms with van der Waals surface area (Å²) in [4.78, 5) is 14.6. The summed E-state index contributed by atoms with van der Waals surface area (Å²) < 4.78 is 10.6. The highest BCUT2D eigenvalue weighted by atomic mass is 16.5. The first-order valence-corrected chi connectivity index (χ1v) is 8.10. The van der Waals surface area contributed by atoms with Gasteiger partial charge in [-0.15, -0.1) is 0 Å². The van der Waals surface area contributed by atoms with Crippen LogP contribution in [0.1, 0.15) is 18.0 Å². The van der Waals surface area contributed by atoms with Crippen molar-refractivity contribution < 1.29 is 14.3 Å². The number of rotatable bonds is 8. The van der Waals surface area contributed by atoms with E-state index in [1.165, 1.54) is 0 Å². The normalized spacial score (nSPS) is 18.3. The number of hydrogen-bond donors (Lipinski definition) is 2. The number of carbonyl (C=O) groups excluding carboxylic acids is 1. The predicted octanol–water partition coefficient (Wildman–Crippen LogP) is 0.540. The van der Waals surface area contributed by atoms with Crippen molar-refractivity contribution in [2.45, 2.75) is 18.6 Å². The van der Waals surface area contributed by atoms with Crippen LogP contribution < -0.4 is 11.1 Å². The van der Waals surface area contributed by atoms with E-state index < -0.39 is 0 Å². The van der Waals surface area contributed by atoms with Crippen molar-refractivity contribution in [2.24, 2.45) is 5.73 Å². The topological polar surface area (TPSA) is 76.8 Å². The molecule has 1 heterocycles. The quantitative estimate of drug-likeness (QED) is 0.731. The lowest BCUT2D eigenvalue weighted by molar-refractivity contribution is -0.124. The number of benzene rings is 1. The molecule has 1 fully saturated rings. The van der Waals surface area contributed by atoms with Crippen molar-refractivity contribution in [1.82, 2.24) is 10.2 Å². The maximum Gasteiger partial charge on any atom is 0.223 e. The second-order valence-corrected chi connectivity index (χ2v) is 5.74. The summed E-state index contributed by atoms with van der Waals surface area (Å²) in [5, 5.41) is 3.12. The van der Waals surface area contributed by atoms with Gasteiger partial charge in [0.1, 0.15) is 0 Å². The summed E-state index contributed by atoms with van der Waals surface area (Å²) in [6, 6.07) is 10.0. The van der Waals surface area contributed by atoms with E-state index in [1.807, 2.05) is 30.3 Å². The molecule has 0 radical (unpaired) electrons. The fourth-order valence-electron chi connectivity index (χ4n) is 2.68. The standard InChI is InChI=1S/C17H27N3O3/c1-22-15(12-18)11-17(21)19-16(14-5-3-2-4-6-14)13-20-7-9-23-10-8-20/h2-6,15-16H,7-13,18H2,1H3,(H,19,21). The van der Waals surface area contributed by atoms with Crippen LogP contribution in [0, 0.1) is 0 Å². The minimum absolute atomic E-state index is 0.0376. The second kappa shape index (κ2) is 9.62. The lowest BCUT2D eigenvalue weighted by atomic mass is 10.1. The molecule has 0 aliphatic carbocycles. The number of nitrogens with one attached hydrogen (secondary N) is 1. The van der Waals surface area contributed by atoms with Gasteiger partial charge in [0.25, 0.3) is 0 Å². The zero-order valence-electron chi connectivity index (χ0n) is 13.7. The Labute approximate surface area is 137 Å². The van der Waals surface area contributed by atoms with Crippen molar-refractivity contribution in [3.63, 3.8) is 0 Å². The highest BCUT2D eigenvalue weighted by Crippen LogP contribution is 2.15. The van der Waals surface area contributed by atoms with E-state index in [-0.39, 0.29) is 24.5 Å². The van der Waals surface area contributed by atoms with Crippen LogP contribution in [0.15, 0.2) is 30.3 Å². The SMILES string of the molecule is COC(CN)CC(=O)NC(CN1CCOCC1)c1ccccc1. The Hall–Kier alpha value is -1.47. The van der Waals surface area contributed by atoms with E-state index in [2.05, 4.69) is 10.2 Å². The Morgan fingerprint density at radius 3 is 2.65 bits per heavy atom. The van der Waals surface area contributed by atoms with Gasteiger partial charge < -0.3 is 20.5 Å². The molecule has 2 rings (SSSR count). The van der Waals surface area contributed by atoms with E-state index in [0.29, 0.717) is 6.54 Å². The van der Waals surface area contributed by atoms with Gasteiger partial charge in [-0.25, -0.2) is 0 Å². The fourth-order valence-corrected chi connectivity index (χ4v) is 2.68. The molecule has 23 heavy (non-hydrogen) atoms. The van der Waals surface area contributed by atoms with Gasteiger partial charge in [-0.1, -0.05) is 30.3 Å². The van der Waals surface area contributed by atoms with Crippen LogP contribution in [-0.4, -0.2) is 63.4 Å². The lowest BCUT2D eigenvalue weighted by Crippen LogP contribution is -2.44. The average molecular weight is 321 g/mol. The number of methoxy groups -OCH3 is 1. The van der Waals surface area contributed by atoms with Crippen LogP contribution >= 0.6 is 0 Å². The molecule has 0 bridgehead atoms. The molecule has 128 valence electrons. The lowest BCUT2D eigenvalue weighted by Gasteiger charge is -2.31. The molecule has 0 aromatic heterocycles. The van der Waals surface area contributed by atoms with Crippen molar-refractivity contribution >= 4 is 5.91 Å². The minimum Gasteiger partial charge on any atom is -0.380 e. The molecule has 3 N–H and O–H groups in total. The van der Waals surface area contributed by atoms with Crippen LogP contribution in [-0.2, 0) is 14.3 Å². The fraction of sp³-hybridized carbons (Fsp3) is 0.588. The van der Waals surface area contributed by atoms with Gasteiger partial charge in [0.15, 0.2) is 0 Å². The van der Waals surface area contributed by atoms with Crippen LogP contribution in [0.4, 0.5) is 0 Å². The van der Waals surface area contributed by atoms with E-state index in [0.717, 1.165) is 38.4 Å². The summed E-state index contributed by atoms with van der Waals surface area (Å²) in [7, 11) is 1.58. The average Bonchev–Trinajstić information content (AvgIpc) is 2.60. The summed E-state index contributed by atoms with van der Waals surface area (Å²) >= 11 is 0.